The number of hydrogen-bond donors (Lipinski definition) is 1. The zero-order valence-electron chi connectivity index (χ0n) is 7.72. The molecule has 2 aromatic rings. The molecule has 2 rings (SSSR count). The van der Waals surface area contributed by atoms with E-state index in [2.05, 4.69) is 4.98 Å². The Kier molecular flexibility index (Phi) is 2.21. The first-order chi connectivity index (χ1) is 7.16. The van der Waals surface area contributed by atoms with E-state index in [1.54, 1.807) is 12.1 Å². The summed E-state index contributed by atoms with van der Waals surface area (Å²) in [6, 6.07) is 5.42. The van der Waals surface area contributed by atoms with E-state index in [0.717, 1.165) is 18.3 Å². The lowest BCUT2D eigenvalue weighted by Crippen LogP contribution is -2.17. The fraction of sp³-hybridized carbons (Fsp3) is 0. The number of hydrogen-bond acceptors (Lipinski definition) is 3. The molecule has 2 aromatic heterocycles. The Morgan fingerprint density at radius 1 is 1.27 bits per heavy atom. The minimum Gasteiger partial charge on any atom is -0.384 e. The Morgan fingerprint density at radius 2 is 2.07 bits per heavy atom. The van der Waals surface area contributed by atoms with Gasteiger partial charge in [0.05, 0.1) is 11.9 Å². The maximum Gasteiger partial charge on any atom is 0.255 e. The molecule has 0 aromatic carbocycles. The molecule has 5 heteroatoms. The van der Waals surface area contributed by atoms with Gasteiger partial charge in [-0.05, 0) is 18.2 Å². The van der Waals surface area contributed by atoms with E-state index in [9.17, 15) is 9.18 Å². The van der Waals surface area contributed by atoms with Crippen LogP contribution in [-0.2, 0) is 0 Å². The number of nitrogen functional groups attached to an aromatic ring is 1. The molecule has 0 aliphatic heterocycles. The van der Waals surface area contributed by atoms with Gasteiger partial charge in [-0.15, -0.1) is 0 Å². The van der Waals surface area contributed by atoms with Crippen molar-refractivity contribution in [2.45, 2.75) is 0 Å². The molecule has 76 valence electrons. The van der Waals surface area contributed by atoms with Crippen LogP contribution in [0.2, 0.25) is 0 Å². The average Bonchev–Trinajstić information content (AvgIpc) is 2.23. The highest BCUT2D eigenvalue weighted by Gasteiger charge is 2.01. The summed E-state index contributed by atoms with van der Waals surface area (Å²) in [5.74, 6) is -0.130. The van der Waals surface area contributed by atoms with Crippen molar-refractivity contribution >= 4 is 5.82 Å². The zero-order chi connectivity index (χ0) is 10.8. The summed E-state index contributed by atoms with van der Waals surface area (Å²) in [7, 11) is 0. The van der Waals surface area contributed by atoms with E-state index in [-0.39, 0.29) is 5.56 Å². The van der Waals surface area contributed by atoms with Crippen molar-refractivity contribution in [3.05, 3.63) is 52.8 Å². The highest BCUT2D eigenvalue weighted by atomic mass is 19.1. The SMILES string of the molecule is Nc1ccc(-n2cc(F)ccc2=O)cn1. The smallest absolute Gasteiger partial charge is 0.255 e. The lowest BCUT2D eigenvalue weighted by atomic mass is 10.3. The second-order valence-corrected chi connectivity index (χ2v) is 3.00. The highest BCUT2D eigenvalue weighted by Crippen LogP contribution is 2.05. The Morgan fingerprint density at radius 3 is 2.73 bits per heavy atom. The molecule has 0 saturated carbocycles. The summed E-state index contributed by atoms with van der Waals surface area (Å²) in [5.41, 5.74) is 5.56. The third-order valence-electron chi connectivity index (χ3n) is 1.92. The van der Waals surface area contributed by atoms with Crippen LogP contribution in [-0.4, -0.2) is 9.55 Å². The van der Waals surface area contributed by atoms with Crippen LogP contribution < -0.4 is 11.3 Å². The van der Waals surface area contributed by atoms with Gasteiger partial charge in [0.15, 0.2) is 0 Å². The van der Waals surface area contributed by atoms with Crippen molar-refractivity contribution in [3.63, 3.8) is 0 Å². The Hall–Kier alpha value is -2.17. The molecule has 0 aliphatic rings. The van der Waals surface area contributed by atoms with Gasteiger partial charge in [-0.3, -0.25) is 9.36 Å². The molecule has 15 heavy (non-hydrogen) atoms. The number of nitrogens with zero attached hydrogens (tertiary/aromatic N) is 2. The van der Waals surface area contributed by atoms with Crippen LogP contribution in [0.3, 0.4) is 0 Å². The second-order valence-electron chi connectivity index (χ2n) is 3.00. The minimum absolute atomic E-state index is 0.317. The maximum absolute atomic E-state index is 12.9. The molecule has 2 heterocycles. The largest absolute Gasteiger partial charge is 0.384 e. The van der Waals surface area contributed by atoms with E-state index >= 15 is 0 Å². The Labute approximate surface area is 84.8 Å². The highest BCUT2D eigenvalue weighted by molar-refractivity contribution is 5.37. The van der Waals surface area contributed by atoms with Crippen LogP contribution in [0.15, 0.2) is 41.5 Å². The van der Waals surface area contributed by atoms with E-state index in [1.165, 1.54) is 10.8 Å². The number of anilines is 1. The van der Waals surface area contributed by atoms with Crippen molar-refractivity contribution in [2.75, 3.05) is 5.73 Å². The summed E-state index contributed by atoms with van der Waals surface area (Å²) < 4.78 is 14.1. The molecule has 4 nitrogen and oxygen atoms in total. The predicted molar refractivity (Wildman–Crippen MR) is 54.2 cm³/mol. The molecule has 0 atom stereocenters. The Balaban J connectivity index is 2.58. The third kappa shape index (κ3) is 1.85. The average molecular weight is 205 g/mol. The monoisotopic (exact) mass is 205 g/mol. The first kappa shape index (κ1) is 9.39. The van der Waals surface area contributed by atoms with Crippen molar-refractivity contribution in [1.82, 2.24) is 9.55 Å². The van der Waals surface area contributed by atoms with Gasteiger partial charge in [0.25, 0.3) is 5.56 Å². The van der Waals surface area contributed by atoms with Crippen LogP contribution in [0, 0.1) is 5.82 Å². The van der Waals surface area contributed by atoms with Crippen LogP contribution in [0.25, 0.3) is 5.69 Å². The summed E-state index contributed by atoms with van der Waals surface area (Å²) >= 11 is 0. The summed E-state index contributed by atoms with van der Waals surface area (Å²) in [6.07, 6.45) is 2.52. The molecule has 2 N–H and O–H groups in total. The second kappa shape index (κ2) is 3.53. The van der Waals surface area contributed by atoms with Gasteiger partial charge in [0.1, 0.15) is 11.6 Å². The number of aromatic nitrogens is 2. The summed E-state index contributed by atoms with van der Waals surface area (Å²) in [4.78, 5) is 15.2. The molecule has 0 aliphatic carbocycles. The topological polar surface area (TPSA) is 60.9 Å². The lowest BCUT2D eigenvalue weighted by Gasteiger charge is -2.04. The zero-order valence-corrected chi connectivity index (χ0v) is 7.72. The fourth-order valence-corrected chi connectivity index (χ4v) is 1.20. The Bertz CT molecular complexity index is 533. The molecule has 0 amide bonds. The normalized spacial score (nSPS) is 10.2. The predicted octanol–water partition coefficient (Wildman–Crippen LogP) is 0.954. The van der Waals surface area contributed by atoms with Crippen molar-refractivity contribution in [1.29, 1.82) is 0 Å². The maximum atomic E-state index is 12.9. The molecule has 0 fully saturated rings. The molecular formula is C10H8FN3O. The number of rotatable bonds is 1. The molecule has 0 bridgehead atoms. The van der Waals surface area contributed by atoms with Gasteiger partial charge in [-0.25, -0.2) is 9.37 Å². The van der Waals surface area contributed by atoms with Crippen LogP contribution >= 0.6 is 0 Å². The molecular weight excluding hydrogens is 197 g/mol. The van der Waals surface area contributed by atoms with Crippen molar-refractivity contribution in [2.24, 2.45) is 0 Å². The standard InChI is InChI=1S/C10H8FN3O/c11-7-1-4-10(15)14(6-7)8-2-3-9(12)13-5-8/h1-6H,(H2,12,13). The van der Waals surface area contributed by atoms with Crippen molar-refractivity contribution < 1.29 is 4.39 Å². The van der Waals surface area contributed by atoms with E-state index in [1.807, 2.05) is 0 Å². The number of halogens is 1. The summed E-state index contributed by atoms with van der Waals surface area (Å²) in [5, 5.41) is 0. The number of pyridine rings is 2. The molecule has 0 radical (unpaired) electrons. The van der Waals surface area contributed by atoms with Crippen molar-refractivity contribution in [3.8, 4) is 5.69 Å². The van der Waals surface area contributed by atoms with Gasteiger partial charge < -0.3 is 5.73 Å². The van der Waals surface area contributed by atoms with Gasteiger partial charge in [0.2, 0.25) is 0 Å². The quantitative estimate of drug-likeness (QED) is 0.754. The van der Waals surface area contributed by atoms with Crippen LogP contribution in [0.5, 0.6) is 0 Å². The third-order valence-corrected chi connectivity index (χ3v) is 1.92. The minimum atomic E-state index is -0.480. The molecule has 0 unspecified atom stereocenters. The van der Waals surface area contributed by atoms with Crippen LogP contribution in [0.4, 0.5) is 10.2 Å². The molecule has 0 spiro atoms. The fourth-order valence-electron chi connectivity index (χ4n) is 1.20. The van der Waals surface area contributed by atoms with Gasteiger partial charge in [-0.2, -0.15) is 0 Å². The van der Waals surface area contributed by atoms with E-state index < -0.39 is 5.82 Å². The first-order valence-corrected chi connectivity index (χ1v) is 4.27. The van der Waals surface area contributed by atoms with Gasteiger partial charge in [0, 0.05) is 12.3 Å². The number of nitrogens with two attached hydrogens (primary N) is 1. The van der Waals surface area contributed by atoms with Gasteiger partial charge in [-0.1, -0.05) is 0 Å². The van der Waals surface area contributed by atoms with E-state index in [4.69, 9.17) is 5.73 Å². The summed E-state index contributed by atoms with van der Waals surface area (Å²) in [6.45, 7) is 0. The first-order valence-electron chi connectivity index (χ1n) is 4.27. The molecule has 0 saturated heterocycles. The van der Waals surface area contributed by atoms with E-state index in [0.29, 0.717) is 11.5 Å². The lowest BCUT2D eigenvalue weighted by molar-refractivity contribution is 0.612. The van der Waals surface area contributed by atoms with Gasteiger partial charge >= 0.3 is 0 Å². The van der Waals surface area contributed by atoms with Crippen LogP contribution in [0.1, 0.15) is 0 Å².